The lowest BCUT2D eigenvalue weighted by Crippen LogP contribution is -2.38. The normalized spacial score (nSPS) is 14.6. The van der Waals surface area contributed by atoms with Gasteiger partial charge in [0.05, 0.1) is 6.54 Å². The average Bonchev–Trinajstić information content (AvgIpc) is 2.79. The van der Waals surface area contributed by atoms with Crippen LogP contribution >= 0.6 is 0 Å². The summed E-state index contributed by atoms with van der Waals surface area (Å²) in [5, 5.41) is 0. The van der Waals surface area contributed by atoms with Gasteiger partial charge < -0.3 is 9.80 Å². The van der Waals surface area contributed by atoms with Crippen LogP contribution in [0.25, 0.3) is 0 Å². The van der Waals surface area contributed by atoms with Crippen LogP contribution in [0.4, 0.5) is 11.6 Å². The van der Waals surface area contributed by atoms with Gasteiger partial charge in [0.15, 0.2) is 0 Å². The maximum Gasteiger partial charge on any atom is 0.272 e. The second-order valence-electron chi connectivity index (χ2n) is 7.62. The van der Waals surface area contributed by atoms with Crippen molar-refractivity contribution >= 4 is 17.5 Å². The molecule has 0 saturated carbocycles. The lowest BCUT2D eigenvalue weighted by atomic mass is 9.99. The standard InChI is InChI=1S/C24H26N4O/c1-19-13-16-27(17-14-19)23(29)22-12-15-25-24(26-22)28(21-10-6-3-7-11-21)18-20-8-4-2-5-9-20/h2-12,15,19H,13-14,16-18H2,1H3. The number of amides is 1. The predicted octanol–water partition coefficient (Wildman–Crippen LogP) is 4.69. The molecule has 2 aromatic carbocycles. The maximum atomic E-state index is 13.0. The molecule has 0 bridgehead atoms. The van der Waals surface area contributed by atoms with Gasteiger partial charge in [0, 0.05) is 25.0 Å². The molecule has 0 N–H and O–H groups in total. The average molecular weight is 386 g/mol. The Morgan fingerprint density at radius 2 is 1.66 bits per heavy atom. The second kappa shape index (κ2) is 8.86. The summed E-state index contributed by atoms with van der Waals surface area (Å²) < 4.78 is 0. The summed E-state index contributed by atoms with van der Waals surface area (Å²) in [5.41, 5.74) is 2.60. The number of hydrogen-bond acceptors (Lipinski definition) is 4. The fourth-order valence-electron chi connectivity index (χ4n) is 3.62. The summed E-state index contributed by atoms with van der Waals surface area (Å²) in [5.74, 6) is 1.21. The SMILES string of the molecule is CC1CCN(C(=O)c2ccnc(N(Cc3ccccc3)c3ccccc3)n2)CC1. The van der Waals surface area contributed by atoms with Gasteiger partial charge in [0.25, 0.3) is 5.91 Å². The van der Waals surface area contributed by atoms with E-state index in [0.29, 0.717) is 24.1 Å². The Hall–Kier alpha value is -3.21. The molecule has 5 heteroatoms. The number of piperidine rings is 1. The Bertz CT molecular complexity index is 937. The highest BCUT2D eigenvalue weighted by Gasteiger charge is 2.23. The number of carbonyl (C=O) groups is 1. The van der Waals surface area contributed by atoms with E-state index in [2.05, 4.69) is 29.0 Å². The second-order valence-corrected chi connectivity index (χ2v) is 7.62. The van der Waals surface area contributed by atoms with Crippen molar-refractivity contribution in [2.75, 3.05) is 18.0 Å². The summed E-state index contributed by atoms with van der Waals surface area (Å²) in [6.45, 7) is 4.47. The molecule has 0 aliphatic carbocycles. The van der Waals surface area contributed by atoms with Gasteiger partial charge in [-0.05, 0) is 42.5 Å². The molecular weight excluding hydrogens is 360 g/mol. The van der Waals surface area contributed by atoms with Gasteiger partial charge in [-0.3, -0.25) is 4.79 Å². The van der Waals surface area contributed by atoms with Gasteiger partial charge in [-0.2, -0.15) is 0 Å². The molecule has 2 heterocycles. The van der Waals surface area contributed by atoms with E-state index in [9.17, 15) is 4.79 Å². The Kier molecular flexibility index (Phi) is 5.84. The zero-order chi connectivity index (χ0) is 20.1. The van der Waals surface area contributed by atoms with Crippen molar-refractivity contribution in [3.05, 3.63) is 84.2 Å². The largest absolute Gasteiger partial charge is 0.337 e. The summed E-state index contributed by atoms with van der Waals surface area (Å²) >= 11 is 0. The van der Waals surface area contributed by atoms with Crippen molar-refractivity contribution in [1.82, 2.24) is 14.9 Å². The summed E-state index contributed by atoms with van der Waals surface area (Å²) in [6.07, 6.45) is 3.78. The highest BCUT2D eigenvalue weighted by Crippen LogP contribution is 2.25. The fourth-order valence-corrected chi connectivity index (χ4v) is 3.62. The van der Waals surface area contributed by atoms with Crippen molar-refractivity contribution < 1.29 is 4.79 Å². The van der Waals surface area contributed by atoms with E-state index in [-0.39, 0.29) is 5.91 Å². The molecule has 148 valence electrons. The molecule has 1 saturated heterocycles. The van der Waals surface area contributed by atoms with Crippen LogP contribution in [0.2, 0.25) is 0 Å². The first-order valence-corrected chi connectivity index (χ1v) is 10.2. The Morgan fingerprint density at radius 3 is 2.34 bits per heavy atom. The molecule has 1 aromatic heterocycles. The lowest BCUT2D eigenvalue weighted by Gasteiger charge is -2.30. The Labute approximate surface area is 172 Å². The van der Waals surface area contributed by atoms with Gasteiger partial charge in [0.1, 0.15) is 5.69 Å². The van der Waals surface area contributed by atoms with E-state index in [1.807, 2.05) is 58.3 Å². The van der Waals surface area contributed by atoms with Crippen molar-refractivity contribution in [3.8, 4) is 0 Å². The van der Waals surface area contributed by atoms with E-state index in [0.717, 1.165) is 37.2 Å². The number of carbonyl (C=O) groups excluding carboxylic acids is 1. The smallest absolute Gasteiger partial charge is 0.272 e. The third-order valence-electron chi connectivity index (χ3n) is 5.43. The number of benzene rings is 2. The molecule has 0 spiro atoms. The summed E-state index contributed by atoms with van der Waals surface area (Å²) in [4.78, 5) is 26.1. The van der Waals surface area contributed by atoms with Crippen LogP contribution in [0.5, 0.6) is 0 Å². The zero-order valence-corrected chi connectivity index (χ0v) is 16.7. The number of para-hydroxylation sites is 1. The molecule has 1 aliphatic heterocycles. The first kappa shape index (κ1) is 19.1. The van der Waals surface area contributed by atoms with Crippen LogP contribution in [-0.4, -0.2) is 33.9 Å². The molecule has 1 amide bonds. The Balaban J connectivity index is 1.63. The van der Waals surface area contributed by atoms with E-state index < -0.39 is 0 Å². The first-order valence-electron chi connectivity index (χ1n) is 10.2. The molecule has 29 heavy (non-hydrogen) atoms. The van der Waals surface area contributed by atoms with E-state index in [1.54, 1.807) is 12.3 Å². The van der Waals surface area contributed by atoms with Crippen molar-refractivity contribution in [2.45, 2.75) is 26.3 Å². The van der Waals surface area contributed by atoms with Gasteiger partial charge in [0.2, 0.25) is 5.95 Å². The van der Waals surface area contributed by atoms with Gasteiger partial charge in [-0.15, -0.1) is 0 Å². The van der Waals surface area contributed by atoms with Gasteiger partial charge in [-0.25, -0.2) is 9.97 Å². The molecule has 0 atom stereocenters. The third kappa shape index (κ3) is 4.62. The molecule has 1 fully saturated rings. The number of nitrogens with zero attached hydrogens (tertiary/aromatic N) is 4. The molecule has 0 unspecified atom stereocenters. The minimum absolute atomic E-state index is 0.00623. The predicted molar refractivity (Wildman–Crippen MR) is 115 cm³/mol. The van der Waals surface area contributed by atoms with E-state index >= 15 is 0 Å². The number of hydrogen-bond donors (Lipinski definition) is 0. The quantitative estimate of drug-likeness (QED) is 0.638. The monoisotopic (exact) mass is 386 g/mol. The van der Waals surface area contributed by atoms with Crippen molar-refractivity contribution in [3.63, 3.8) is 0 Å². The van der Waals surface area contributed by atoms with Gasteiger partial charge in [-0.1, -0.05) is 55.5 Å². The lowest BCUT2D eigenvalue weighted by molar-refractivity contribution is 0.0691. The topological polar surface area (TPSA) is 49.3 Å². The minimum Gasteiger partial charge on any atom is -0.337 e. The highest BCUT2D eigenvalue weighted by atomic mass is 16.2. The van der Waals surface area contributed by atoms with Crippen LogP contribution < -0.4 is 4.90 Å². The number of anilines is 2. The summed E-state index contributed by atoms with van der Waals surface area (Å²) in [7, 11) is 0. The fraction of sp³-hybridized carbons (Fsp3) is 0.292. The molecule has 0 radical (unpaired) electrons. The minimum atomic E-state index is -0.00623. The van der Waals surface area contributed by atoms with E-state index in [1.165, 1.54) is 0 Å². The number of aromatic nitrogens is 2. The molecule has 5 nitrogen and oxygen atoms in total. The molecule has 4 rings (SSSR count). The maximum absolute atomic E-state index is 13.0. The third-order valence-corrected chi connectivity index (χ3v) is 5.43. The van der Waals surface area contributed by atoms with E-state index in [4.69, 9.17) is 0 Å². The van der Waals surface area contributed by atoms with Crippen LogP contribution in [0.1, 0.15) is 35.8 Å². The number of likely N-dealkylation sites (tertiary alicyclic amines) is 1. The zero-order valence-electron chi connectivity index (χ0n) is 16.7. The molecular formula is C24H26N4O. The number of rotatable bonds is 5. The van der Waals surface area contributed by atoms with Crippen molar-refractivity contribution in [1.29, 1.82) is 0 Å². The first-order chi connectivity index (χ1) is 14.2. The Morgan fingerprint density at radius 1 is 1.00 bits per heavy atom. The van der Waals surface area contributed by atoms with Gasteiger partial charge >= 0.3 is 0 Å². The summed E-state index contributed by atoms with van der Waals surface area (Å²) in [6, 6.07) is 22.0. The molecule has 3 aromatic rings. The van der Waals surface area contributed by atoms with Crippen LogP contribution in [0.3, 0.4) is 0 Å². The molecule has 1 aliphatic rings. The van der Waals surface area contributed by atoms with Crippen LogP contribution in [0, 0.1) is 5.92 Å². The van der Waals surface area contributed by atoms with Crippen LogP contribution in [0.15, 0.2) is 72.9 Å². The van der Waals surface area contributed by atoms with Crippen LogP contribution in [-0.2, 0) is 6.54 Å². The van der Waals surface area contributed by atoms with Crippen molar-refractivity contribution in [2.24, 2.45) is 5.92 Å². The highest BCUT2D eigenvalue weighted by molar-refractivity contribution is 5.92.